The largest absolute Gasteiger partial charge is 0.496 e. The Labute approximate surface area is 258 Å². The summed E-state index contributed by atoms with van der Waals surface area (Å²) in [5.41, 5.74) is 2.46. The molecule has 0 fully saturated rings. The number of methoxy groups -OCH3 is 2. The number of carbonyl (C=O) groups excluding carboxylic acids is 2. The van der Waals surface area contributed by atoms with Crippen molar-refractivity contribution in [2.45, 2.75) is 9.79 Å². The van der Waals surface area contributed by atoms with E-state index in [2.05, 4.69) is 31.9 Å². The zero-order valence-electron chi connectivity index (χ0n) is 22.2. The van der Waals surface area contributed by atoms with Crippen LogP contribution in [0.2, 0.25) is 0 Å². The standard InChI is InChI=1S/C30H26Br2N2O4S2/c1-33(29(35)21-15-13-19(31)17-25(21)37-3)23-9-5-7-11-27(23)39-40-28-12-8-6-10-24(28)34(2)30(36)22-16-14-20(32)18-26(22)38-4/h5-18H,1-4H3. The van der Waals surface area contributed by atoms with Gasteiger partial charge in [-0.2, -0.15) is 0 Å². The topological polar surface area (TPSA) is 59.1 Å². The van der Waals surface area contributed by atoms with Crippen LogP contribution in [0.3, 0.4) is 0 Å². The van der Waals surface area contributed by atoms with Crippen molar-refractivity contribution in [1.82, 2.24) is 0 Å². The van der Waals surface area contributed by atoms with E-state index < -0.39 is 0 Å². The number of amides is 2. The molecule has 2 amide bonds. The molecule has 0 unspecified atom stereocenters. The van der Waals surface area contributed by atoms with Crippen molar-refractivity contribution in [3.05, 3.63) is 105 Å². The molecule has 10 heteroatoms. The fourth-order valence-corrected chi connectivity index (χ4v) is 7.06. The molecule has 4 rings (SSSR count). The van der Waals surface area contributed by atoms with Crippen molar-refractivity contribution in [3.8, 4) is 11.5 Å². The molecular weight excluding hydrogens is 676 g/mol. The summed E-state index contributed by atoms with van der Waals surface area (Å²) in [6.45, 7) is 0. The summed E-state index contributed by atoms with van der Waals surface area (Å²) in [7, 11) is 9.63. The van der Waals surface area contributed by atoms with Gasteiger partial charge in [0.25, 0.3) is 11.8 Å². The lowest BCUT2D eigenvalue weighted by atomic mass is 10.1. The van der Waals surface area contributed by atoms with Gasteiger partial charge in [0.15, 0.2) is 0 Å². The van der Waals surface area contributed by atoms with Crippen LogP contribution in [0.1, 0.15) is 20.7 Å². The van der Waals surface area contributed by atoms with E-state index in [9.17, 15) is 9.59 Å². The van der Waals surface area contributed by atoms with E-state index in [1.807, 2.05) is 60.7 Å². The van der Waals surface area contributed by atoms with E-state index in [1.165, 1.54) is 21.6 Å². The Bertz CT molecular complexity index is 1440. The molecular formula is C30H26Br2N2O4S2. The van der Waals surface area contributed by atoms with Gasteiger partial charge in [0, 0.05) is 32.8 Å². The second-order valence-corrected chi connectivity index (χ2v) is 12.6. The first-order valence-electron chi connectivity index (χ1n) is 12.0. The smallest absolute Gasteiger partial charge is 0.261 e. The maximum Gasteiger partial charge on any atom is 0.261 e. The van der Waals surface area contributed by atoms with Gasteiger partial charge in [-0.05, 0) is 60.7 Å². The van der Waals surface area contributed by atoms with E-state index in [4.69, 9.17) is 9.47 Å². The van der Waals surface area contributed by atoms with Crippen molar-refractivity contribution in [2.24, 2.45) is 0 Å². The quantitative estimate of drug-likeness (QED) is 0.163. The predicted molar refractivity (Wildman–Crippen MR) is 171 cm³/mol. The van der Waals surface area contributed by atoms with Crippen LogP contribution in [0, 0.1) is 0 Å². The molecule has 206 valence electrons. The first-order chi connectivity index (χ1) is 19.2. The normalized spacial score (nSPS) is 10.7. The Hall–Kier alpha value is -2.92. The maximum atomic E-state index is 13.4. The van der Waals surface area contributed by atoms with Crippen LogP contribution in [-0.4, -0.2) is 40.1 Å². The minimum atomic E-state index is -0.184. The molecule has 4 aromatic carbocycles. The van der Waals surface area contributed by atoms with Gasteiger partial charge in [-0.3, -0.25) is 9.59 Å². The van der Waals surface area contributed by atoms with E-state index in [1.54, 1.807) is 62.4 Å². The second-order valence-electron chi connectivity index (χ2n) is 8.52. The van der Waals surface area contributed by atoms with Crippen LogP contribution in [0.15, 0.2) is 104 Å². The lowest BCUT2D eigenvalue weighted by molar-refractivity contribution is 0.0981. The van der Waals surface area contributed by atoms with Gasteiger partial charge in [-0.25, -0.2) is 0 Å². The molecule has 0 atom stereocenters. The number of rotatable bonds is 9. The summed E-state index contributed by atoms with van der Waals surface area (Å²) in [4.78, 5) is 31.9. The van der Waals surface area contributed by atoms with Gasteiger partial charge in [0.1, 0.15) is 11.5 Å². The SMILES string of the molecule is COc1cc(Br)ccc1C(=O)N(C)c1ccccc1SSc1ccccc1N(C)C(=O)c1ccc(Br)cc1OC. The number of halogens is 2. The molecule has 0 aromatic heterocycles. The van der Waals surface area contributed by atoms with E-state index >= 15 is 0 Å². The van der Waals surface area contributed by atoms with E-state index in [0.717, 1.165) is 30.1 Å². The summed E-state index contributed by atoms with van der Waals surface area (Å²) >= 11 is 6.85. The molecule has 0 aliphatic rings. The number of para-hydroxylation sites is 2. The first kappa shape index (κ1) is 30.0. The molecule has 6 nitrogen and oxygen atoms in total. The highest BCUT2D eigenvalue weighted by Crippen LogP contribution is 2.45. The zero-order chi connectivity index (χ0) is 28.8. The third kappa shape index (κ3) is 6.68. The number of hydrogen-bond acceptors (Lipinski definition) is 6. The Morgan fingerprint density at radius 1 is 0.625 bits per heavy atom. The van der Waals surface area contributed by atoms with E-state index in [-0.39, 0.29) is 11.8 Å². The number of nitrogens with zero attached hydrogens (tertiary/aromatic N) is 2. The molecule has 0 N–H and O–H groups in total. The van der Waals surface area contributed by atoms with Crippen LogP contribution in [0.4, 0.5) is 11.4 Å². The highest BCUT2D eigenvalue weighted by atomic mass is 79.9. The summed E-state index contributed by atoms with van der Waals surface area (Å²) in [5, 5.41) is 0. The Kier molecular flexibility index (Phi) is 10.2. The van der Waals surface area contributed by atoms with Gasteiger partial charge in [-0.1, -0.05) is 77.7 Å². The highest BCUT2D eigenvalue weighted by molar-refractivity contribution is 9.10. The molecule has 0 heterocycles. The predicted octanol–water partition coefficient (Wildman–Crippen LogP) is 8.58. The van der Waals surface area contributed by atoms with Crippen LogP contribution < -0.4 is 19.3 Å². The molecule has 4 aromatic rings. The average molecular weight is 702 g/mol. The number of anilines is 2. The Morgan fingerprint density at radius 3 is 1.38 bits per heavy atom. The van der Waals surface area contributed by atoms with Crippen LogP contribution in [0.5, 0.6) is 11.5 Å². The minimum Gasteiger partial charge on any atom is -0.496 e. The van der Waals surface area contributed by atoms with Gasteiger partial charge < -0.3 is 19.3 Å². The monoisotopic (exact) mass is 700 g/mol. The lowest BCUT2D eigenvalue weighted by Crippen LogP contribution is -2.27. The molecule has 0 aliphatic carbocycles. The summed E-state index contributed by atoms with van der Waals surface area (Å²) in [6, 6.07) is 26.1. The Balaban J connectivity index is 1.57. The fourth-order valence-electron chi connectivity index (χ4n) is 3.96. The van der Waals surface area contributed by atoms with Crippen LogP contribution >= 0.6 is 53.4 Å². The van der Waals surface area contributed by atoms with Gasteiger partial charge in [0.05, 0.1) is 36.7 Å². The minimum absolute atomic E-state index is 0.184. The molecule has 0 aliphatic heterocycles. The third-order valence-corrected chi connectivity index (χ3v) is 9.52. The number of carbonyl (C=O) groups is 2. The van der Waals surface area contributed by atoms with Crippen molar-refractivity contribution in [2.75, 3.05) is 38.1 Å². The average Bonchev–Trinajstić information content (AvgIpc) is 2.98. The summed E-state index contributed by atoms with van der Waals surface area (Å²) in [5.74, 6) is 0.623. The van der Waals surface area contributed by atoms with Crippen molar-refractivity contribution in [3.63, 3.8) is 0 Å². The van der Waals surface area contributed by atoms with Crippen molar-refractivity contribution < 1.29 is 19.1 Å². The molecule has 40 heavy (non-hydrogen) atoms. The maximum absolute atomic E-state index is 13.4. The molecule has 0 spiro atoms. The van der Waals surface area contributed by atoms with Crippen LogP contribution in [-0.2, 0) is 0 Å². The first-order valence-corrected chi connectivity index (χ1v) is 15.7. The third-order valence-electron chi connectivity index (χ3n) is 6.07. The molecule has 0 radical (unpaired) electrons. The highest BCUT2D eigenvalue weighted by Gasteiger charge is 2.23. The lowest BCUT2D eigenvalue weighted by Gasteiger charge is -2.23. The summed E-state index contributed by atoms with van der Waals surface area (Å²) in [6.07, 6.45) is 0. The fraction of sp³-hybridized carbons (Fsp3) is 0.133. The van der Waals surface area contributed by atoms with Gasteiger partial charge in [0.2, 0.25) is 0 Å². The molecule has 0 saturated heterocycles. The zero-order valence-corrected chi connectivity index (χ0v) is 27.0. The number of benzene rings is 4. The Morgan fingerprint density at radius 2 is 1.00 bits per heavy atom. The van der Waals surface area contributed by atoms with Crippen LogP contribution in [0.25, 0.3) is 0 Å². The molecule has 0 bridgehead atoms. The van der Waals surface area contributed by atoms with Crippen molar-refractivity contribution in [1.29, 1.82) is 0 Å². The number of hydrogen-bond donors (Lipinski definition) is 0. The van der Waals surface area contributed by atoms with Gasteiger partial charge >= 0.3 is 0 Å². The van der Waals surface area contributed by atoms with E-state index in [0.29, 0.717) is 22.6 Å². The van der Waals surface area contributed by atoms with Gasteiger partial charge in [-0.15, -0.1) is 0 Å². The summed E-state index contributed by atoms with van der Waals surface area (Å²) < 4.78 is 12.6. The number of ether oxygens (including phenoxy) is 2. The second kappa shape index (κ2) is 13.6. The van der Waals surface area contributed by atoms with Crippen molar-refractivity contribution >= 4 is 76.6 Å². The molecule has 0 saturated carbocycles.